The first-order chi connectivity index (χ1) is 11.7. The van der Waals surface area contributed by atoms with Crippen LogP contribution in [0.4, 0.5) is 5.69 Å². The van der Waals surface area contributed by atoms with Gasteiger partial charge in [0.1, 0.15) is 0 Å². The van der Waals surface area contributed by atoms with Gasteiger partial charge < -0.3 is 5.32 Å². The zero-order valence-corrected chi connectivity index (χ0v) is 14.3. The van der Waals surface area contributed by atoms with E-state index >= 15 is 0 Å². The number of hydroxylamine groups is 1. The highest BCUT2D eigenvalue weighted by Crippen LogP contribution is 2.52. The highest BCUT2D eigenvalue weighted by Gasteiger charge is 2.41. The number of aryl methyl sites for hydroxylation is 1. The zero-order chi connectivity index (χ0) is 16.5. The molecule has 5 rings (SSSR count). The molecule has 0 heterocycles. The first kappa shape index (κ1) is 15.7. The first-order valence-corrected chi connectivity index (χ1v) is 9.19. The largest absolute Gasteiger partial charge is 0.324 e. The van der Waals surface area contributed by atoms with Crippen molar-refractivity contribution in [3.8, 4) is 0 Å². The molecule has 1 aromatic carbocycles. The highest BCUT2D eigenvalue weighted by molar-refractivity contribution is 5.91. The van der Waals surface area contributed by atoms with Crippen LogP contribution in [0.2, 0.25) is 0 Å². The van der Waals surface area contributed by atoms with Gasteiger partial charge in [-0.1, -0.05) is 19.1 Å². The average Bonchev–Trinajstić information content (AvgIpc) is 2.57. The van der Waals surface area contributed by atoms with Crippen molar-refractivity contribution < 1.29 is 9.63 Å². The van der Waals surface area contributed by atoms with Crippen molar-refractivity contribution >= 4 is 11.6 Å². The summed E-state index contributed by atoms with van der Waals surface area (Å²) in [4.78, 5) is 17.5. The van der Waals surface area contributed by atoms with Crippen LogP contribution in [0.5, 0.6) is 0 Å². The fraction of sp³-hybridized carbons (Fsp3) is 0.550. The van der Waals surface area contributed by atoms with Crippen molar-refractivity contribution in [2.75, 3.05) is 11.9 Å². The summed E-state index contributed by atoms with van der Waals surface area (Å²) in [6.45, 7) is 2.15. The molecular formula is C20H26N2O2. The molecule has 2 saturated carbocycles. The van der Waals surface area contributed by atoms with E-state index in [-0.39, 0.29) is 12.5 Å². The van der Waals surface area contributed by atoms with E-state index in [9.17, 15) is 4.79 Å². The molecule has 0 spiro atoms. The second-order valence-electron chi connectivity index (χ2n) is 7.55. The average molecular weight is 326 g/mol. The summed E-state index contributed by atoms with van der Waals surface area (Å²) in [5.41, 5.74) is 8.03. The van der Waals surface area contributed by atoms with Crippen LogP contribution in [-0.4, -0.2) is 12.5 Å². The van der Waals surface area contributed by atoms with Crippen molar-refractivity contribution in [3.63, 3.8) is 0 Å². The molecular weight excluding hydrogens is 300 g/mol. The Morgan fingerprint density at radius 2 is 1.83 bits per heavy atom. The van der Waals surface area contributed by atoms with Gasteiger partial charge in [-0.3, -0.25) is 15.1 Å². The summed E-state index contributed by atoms with van der Waals surface area (Å²) in [7, 11) is 0. The number of anilines is 1. The number of benzene rings is 1. The molecule has 0 aromatic heterocycles. The van der Waals surface area contributed by atoms with Crippen LogP contribution >= 0.6 is 0 Å². The van der Waals surface area contributed by atoms with E-state index in [1.54, 1.807) is 5.57 Å². The third-order valence-electron chi connectivity index (χ3n) is 5.79. The Labute approximate surface area is 143 Å². The van der Waals surface area contributed by atoms with E-state index in [2.05, 4.69) is 17.7 Å². The van der Waals surface area contributed by atoms with Gasteiger partial charge in [0.25, 0.3) is 5.91 Å². The van der Waals surface area contributed by atoms with Crippen LogP contribution in [0.15, 0.2) is 35.5 Å². The number of nitrogens with one attached hydrogen (secondary N) is 2. The summed E-state index contributed by atoms with van der Waals surface area (Å²) in [6.07, 6.45) is 7.47. The molecule has 4 aliphatic rings. The van der Waals surface area contributed by atoms with Gasteiger partial charge in [0.2, 0.25) is 0 Å². The highest BCUT2D eigenvalue weighted by atomic mass is 16.6. The van der Waals surface area contributed by atoms with Gasteiger partial charge in [-0.05, 0) is 73.6 Å². The number of rotatable bonds is 6. The van der Waals surface area contributed by atoms with Crippen molar-refractivity contribution in [1.29, 1.82) is 0 Å². The maximum absolute atomic E-state index is 12.0. The smallest absolute Gasteiger partial charge is 0.253 e. The molecule has 0 saturated heterocycles. The molecule has 2 fully saturated rings. The second-order valence-corrected chi connectivity index (χ2v) is 7.55. The Kier molecular flexibility index (Phi) is 4.31. The summed E-state index contributed by atoms with van der Waals surface area (Å²) < 4.78 is 0. The molecule has 24 heavy (non-hydrogen) atoms. The quantitative estimate of drug-likeness (QED) is 0.782. The lowest BCUT2D eigenvalue weighted by Gasteiger charge is -2.47. The van der Waals surface area contributed by atoms with Crippen LogP contribution < -0.4 is 10.8 Å². The Morgan fingerprint density at radius 3 is 2.46 bits per heavy atom. The molecule has 1 unspecified atom stereocenters. The van der Waals surface area contributed by atoms with E-state index in [1.807, 2.05) is 24.3 Å². The number of carbonyl (C=O) groups excluding carboxylic acids is 1. The maximum Gasteiger partial charge on any atom is 0.253 e. The maximum atomic E-state index is 12.0. The van der Waals surface area contributed by atoms with Crippen LogP contribution in [-0.2, 0) is 16.1 Å². The molecule has 1 amide bonds. The molecule has 0 radical (unpaired) electrons. The van der Waals surface area contributed by atoms with E-state index in [4.69, 9.17) is 4.84 Å². The van der Waals surface area contributed by atoms with Gasteiger partial charge in [0.05, 0.1) is 0 Å². The Hall–Kier alpha value is -1.81. The van der Waals surface area contributed by atoms with E-state index in [0.717, 1.165) is 23.9 Å². The van der Waals surface area contributed by atoms with Crippen LogP contribution in [0.25, 0.3) is 0 Å². The SMILES string of the molecule is CCc1ccc(NC(=O)CONC2=C3C[C@@H]4CC2C[C@H](C3)C4)cc1. The summed E-state index contributed by atoms with van der Waals surface area (Å²) in [5.74, 6) is 2.31. The molecule has 4 heteroatoms. The number of hydrogen-bond acceptors (Lipinski definition) is 3. The van der Waals surface area contributed by atoms with E-state index in [0.29, 0.717) is 5.92 Å². The lowest BCUT2D eigenvalue weighted by molar-refractivity contribution is -0.123. The number of carbonyl (C=O) groups is 1. The lowest BCUT2D eigenvalue weighted by atomic mass is 9.60. The molecule has 4 bridgehead atoms. The predicted molar refractivity (Wildman–Crippen MR) is 94.1 cm³/mol. The Morgan fingerprint density at radius 1 is 1.12 bits per heavy atom. The minimum Gasteiger partial charge on any atom is -0.324 e. The van der Waals surface area contributed by atoms with Gasteiger partial charge in [0.15, 0.2) is 6.61 Å². The monoisotopic (exact) mass is 326 g/mol. The third kappa shape index (κ3) is 3.20. The van der Waals surface area contributed by atoms with Gasteiger partial charge in [-0.25, -0.2) is 0 Å². The van der Waals surface area contributed by atoms with Crippen LogP contribution in [0.3, 0.4) is 0 Å². The molecule has 4 nitrogen and oxygen atoms in total. The van der Waals surface area contributed by atoms with E-state index < -0.39 is 0 Å². The topological polar surface area (TPSA) is 50.4 Å². The Bertz CT molecular complexity index is 634. The minimum atomic E-state index is -0.124. The summed E-state index contributed by atoms with van der Waals surface area (Å²) in [5, 5.41) is 2.88. The lowest BCUT2D eigenvalue weighted by Crippen LogP contribution is -2.40. The van der Waals surface area contributed by atoms with E-state index in [1.165, 1.54) is 43.4 Å². The minimum absolute atomic E-state index is 0.0336. The Balaban J connectivity index is 1.27. The molecule has 128 valence electrons. The van der Waals surface area contributed by atoms with Gasteiger partial charge in [-0.15, -0.1) is 0 Å². The second kappa shape index (κ2) is 6.60. The molecule has 4 aliphatic carbocycles. The van der Waals surface area contributed by atoms with Crippen molar-refractivity contribution in [2.45, 2.75) is 45.4 Å². The van der Waals surface area contributed by atoms with Crippen molar-refractivity contribution in [1.82, 2.24) is 5.48 Å². The van der Waals surface area contributed by atoms with Gasteiger partial charge in [0, 0.05) is 17.3 Å². The molecule has 2 N–H and O–H groups in total. The first-order valence-electron chi connectivity index (χ1n) is 9.19. The summed E-state index contributed by atoms with van der Waals surface area (Å²) in [6, 6.07) is 7.95. The van der Waals surface area contributed by atoms with Crippen molar-refractivity contribution in [2.24, 2.45) is 17.8 Å². The third-order valence-corrected chi connectivity index (χ3v) is 5.79. The van der Waals surface area contributed by atoms with Gasteiger partial charge in [-0.2, -0.15) is 0 Å². The number of amides is 1. The fourth-order valence-electron chi connectivity index (χ4n) is 4.78. The molecule has 3 atom stereocenters. The van der Waals surface area contributed by atoms with Crippen molar-refractivity contribution in [3.05, 3.63) is 41.1 Å². The normalized spacial score (nSPS) is 27.5. The fourth-order valence-corrected chi connectivity index (χ4v) is 4.78. The number of allylic oxidation sites excluding steroid dienone is 2. The predicted octanol–water partition coefficient (Wildman–Crippen LogP) is 3.80. The molecule has 0 aliphatic heterocycles. The standard InChI is InChI=1S/C20H26N2O2/c1-2-13-3-5-18(6-4-13)21-19(23)12-24-22-20-16-8-14-7-15(10-16)11-17(20)9-14/h3-6,14-16,22H,2,7-12H2,1H3,(H,21,23)/t14-,15+,16?. The number of hydrogen-bond donors (Lipinski definition) is 2. The van der Waals surface area contributed by atoms with Gasteiger partial charge >= 0.3 is 0 Å². The van der Waals surface area contributed by atoms with Crippen LogP contribution in [0, 0.1) is 17.8 Å². The van der Waals surface area contributed by atoms with Crippen LogP contribution in [0.1, 0.15) is 44.6 Å². The summed E-state index contributed by atoms with van der Waals surface area (Å²) >= 11 is 0. The molecule has 1 aromatic rings. The zero-order valence-electron chi connectivity index (χ0n) is 14.3.